The SMILES string of the molecule is Cc1cc(NCc2ccco2)c2ccccc2n1.Cl. The van der Waals surface area contributed by atoms with Gasteiger partial charge in [-0.1, -0.05) is 18.2 Å². The summed E-state index contributed by atoms with van der Waals surface area (Å²) in [5, 5.41) is 4.53. The van der Waals surface area contributed by atoms with Crippen molar-refractivity contribution in [1.82, 2.24) is 4.98 Å². The number of rotatable bonds is 3. The second kappa shape index (κ2) is 5.76. The molecule has 98 valence electrons. The van der Waals surface area contributed by atoms with Crippen LogP contribution in [0.15, 0.2) is 53.1 Å². The summed E-state index contributed by atoms with van der Waals surface area (Å²) in [6.07, 6.45) is 1.69. The average molecular weight is 275 g/mol. The molecule has 0 amide bonds. The topological polar surface area (TPSA) is 38.1 Å². The summed E-state index contributed by atoms with van der Waals surface area (Å²) in [7, 11) is 0. The lowest BCUT2D eigenvalue weighted by atomic mass is 10.1. The Labute approximate surface area is 118 Å². The van der Waals surface area contributed by atoms with Crippen molar-refractivity contribution in [2.45, 2.75) is 13.5 Å². The van der Waals surface area contributed by atoms with Crippen LogP contribution in [-0.4, -0.2) is 4.98 Å². The number of fused-ring (bicyclic) bond motifs is 1. The first-order chi connectivity index (χ1) is 8.83. The number of aromatic nitrogens is 1. The fourth-order valence-electron chi connectivity index (χ4n) is 2.05. The van der Waals surface area contributed by atoms with Gasteiger partial charge in [0.2, 0.25) is 0 Å². The van der Waals surface area contributed by atoms with E-state index < -0.39 is 0 Å². The molecule has 3 nitrogen and oxygen atoms in total. The number of benzene rings is 1. The van der Waals surface area contributed by atoms with E-state index in [1.165, 1.54) is 0 Å². The number of halogens is 1. The molecule has 1 aromatic carbocycles. The molecule has 2 heterocycles. The Bertz CT molecular complexity index is 665. The van der Waals surface area contributed by atoms with Crippen molar-refractivity contribution in [3.63, 3.8) is 0 Å². The molecule has 3 rings (SSSR count). The maximum absolute atomic E-state index is 5.32. The number of aryl methyl sites for hydroxylation is 1. The number of nitrogens with one attached hydrogen (secondary N) is 1. The number of nitrogens with zero attached hydrogens (tertiary/aromatic N) is 1. The fourth-order valence-corrected chi connectivity index (χ4v) is 2.05. The molecule has 3 aromatic rings. The average Bonchev–Trinajstić information content (AvgIpc) is 2.89. The molecule has 0 atom stereocenters. The van der Waals surface area contributed by atoms with E-state index in [1.807, 2.05) is 37.3 Å². The Hall–Kier alpha value is -2.00. The Morgan fingerprint density at radius 1 is 1.16 bits per heavy atom. The van der Waals surface area contributed by atoms with Gasteiger partial charge in [0, 0.05) is 16.8 Å². The first kappa shape index (κ1) is 13.4. The predicted octanol–water partition coefficient (Wildman–Crippen LogP) is 4.17. The second-order valence-electron chi connectivity index (χ2n) is 4.26. The molecule has 0 unspecified atom stereocenters. The first-order valence-electron chi connectivity index (χ1n) is 5.95. The largest absolute Gasteiger partial charge is 0.467 e. The third-order valence-electron chi connectivity index (χ3n) is 2.88. The Morgan fingerprint density at radius 2 is 2.00 bits per heavy atom. The Morgan fingerprint density at radius 3 is 2.79 bits per heavy atom. The van der Waals surface area contributed by atoms with Crippen molar-refractivity contribution in [1.29, 1.82) is 0 Å². The smallest absolute Gasteiger partial charge is 0.122 e. The molecule has 0 fully saturated rings. The van der Waals surface area contributed by atoms with E-state index in [2.05, 4.69) is 22.4 Å². The van der Waals surface area contributed by atoms with Crippen molar-refractivity contribution in [3.05, 3.63) is 60.2 Å². The van der Waals surface area contributed by atoms with E-state index in [0.29, 0.717) is 6.54 Å². The highest BCUT2D eigenvalue weighted by Crippen LogP contribution is 2.23. The van der Waals surface area contributed by atoms with E-state index in [-0.39, 0.29) is 12.4 Å². The zero-order valence-corrected chi connectivity index (χ0v) is 11.4. The van der Waals surface area contributed by atoms with Crippen LogP contribution in [0.3, 0.4) is 0 Å². The van der Waals surface area contributed by atoms with Crippen LogP contribution in [0.4, 0.5) is 5.69 Å². The van der Waals surface area contributed by atoms with Crippen molar-refractivity contribution in [2.75, 3.05) is 5.32 Å². The monoisotopic (exact) mass is 274 g/mol. The summed E-state index contributed by atoms with van der Waals surface area (Å²) < 4.78 is 5.32. The third-order valence-corrected chi connectivity index (χ3v) is 2.88. The minimum atomic E-state index is 0. The molecule has 0 aliphatic carbocycles. The van der Waals surface area contributed by atoms with Gasteiger partial charge >= 0.3 is 0 Å². The zero-order valence-electron chi connectivity index (χ0n) is 10.6. The lowest BCUT2D eigenvalue weighted by molar-refractivity contribution is 0.518. The van der Waals surface area contributed by atoms with E-state index in [1.54, 1.807) is 6.26 Å². The fraction of sp³-hybridized carbons (Fsp3) is 0.133. The lowest BCUT2D eigenvalue weighted by Gasteiger charge is -2.09. The number of pyridine rings is 1. The molecule has 19 heavy (non-hydrogen) atoms. The molecule has 0 radical (unpaired) electrons. The quantitative estimate of drug-likeness (QED) is 0.779. The van der Waals surface area contributed by atoms with E-state index in [4.69, 9.17) is 4.42 Å². The molecule has 0 aliphatic rings. The normalized spacial score (nSPS) is 10.2. The minimum Gasteiger partial charge on any atom is -0.467 e. The number of hydrogen-bond donors (Lipinski definition) is 1. The molecular weight excluding hydrogens is 260 g/mol. The van der Waals surface area contributed by atoms with Crippen LogP contribution in [-0.2, 0) is 6.54 Å². The number of hydrogen-bond acceptors (Lipinski definition) is 3. The molecule has 0 aliphatic heterocycles. The van der Waals surface area contributed by atoms with Crippen molar-refractivity contribution in [3.8, 4) is 0 Å². The number of para-hydroxylation sites is 1. The molecule has 0 saturated heterocycles. The van der Waals surface area contributed by atoms with Crippen molar-refractivity contribution < 1.29 is 4.42 Å². The van der Waals surface area contributed by atoms with Gasteiger partial charge in [-0.3, -0.25) is 4.98 Å². The summed E-state index contributed by atoms with van der Waals surface area (Å²) >= 11 is 0. The molecular formula is C15H15ClN2O. The molecule has 4 heteroatoms. The van der Waals surface area contributed by atoms with Crippen LogP contribution in [0.2, 0.25) is 0 Å². The van der Waals surface area contributed by atoms with Gasteiger partial charge in [0.1, 0.15) is 5.76 Å². The van der Waals surface area contributed by atoms with Gasteiger partial charge in [0.15, 0.2) is 0 Å². The first-order valence-corrected chi connectivity index (χ1v) is 5.95. The van der Waals surface area contributed by atoms with E-state index >= 15 is 0 Å². The molecule has 0 saturated carbocycles. The van der Waals surface area contributed by atoms with Gasteiger partial charge in [0.25, 0.3) is 0 Å². The minimum absolute atomic E-state index is 0. The maximum Gasteiger partial charge on any atom is 0.122 e. The van der Waals surface area contributed by atoms with Crippen molar-refractivity contribution in [2.24, 2.45) is 0 Å². The third kappa shape index (κ3) is 2.88. The highest BCUT2D eigenvalue weighted by Gasteiger charge is 2.03. The highest BCUT2D eigenvalue weighted by molar-refractivity contribution is 5.91. The maximum atomic E-state index is 5.32. The highest BCUT2D eigenvalue weighted by atomic mass is 35.5. The zero-order chi connectivity index (χ0) is 12.4. The summed E-state index contributed by atoms with van der Waals surface area (Å²) in [6.45, 7) is 2.69. The summed E-state index contributed by atoms with van der Waals surface area (Å²) in [5.41, 5.74) is 3.12. The van der Waals surface area contributed by atoms with Crippen LogP contribution in [0, 0.1) is 6.92 Å². The number of furan rings is 1. The van der Waals surface area contributed by atoms with Crippen LogP contribution in [0.5, 0.6) is 0 Å². The molecule has 0 bridgehead atoms. The van der Waals surface area contributed by atoms with Crippen LogP contribution >= 0.6 is 12.4 Å². The summed E-state index contributed by atoms with van der Waals surface area (Å²) in [6, 6.07) is 14.1. The van der Waals surface area contributed by atoms with E-state index in [9.17, 15) is 0 Å². The van der Waals surface area contributed by atoms with Gasteiger partial charge in [-0.25, -0.2) is 0 Å². The standard InChI is InChI=1S/C15H14N2O.ClH/c1-11-9-15(16-10-12-5-4-8-18-12)13-6-2-3-7-14(13)17-11;/h2-9H,10H2,1H3,(H,16,17);1H. The molecule has 0 spiro atoms. The van der Waals surface area contributed by atoms with Crippen LogP contribution in [0.25, 0.3) is 10.9 Å². The molecule has 1 N–H and O–H groups in total. The lowest BCUT2D eigenvalue weighted by Crippen LogP contribution is -2.00. The van der Waals surface area contributed by atoms with E-state index in [0.717, 1.165) is 28.0 Å². The second-order valence-corrected chi connectivity index (χ2v) is 4.26. The van der Waals surface area contributed by atoms with Gasteiger partial charge in [-0.15, -0.1) is 12.4 Å². The predicted molar refractivity (Wildman–Crippen MR) is 79.8 cm³/mol. The van der Waals surface area contributed by atoms with Gasteiger partial charge < -0.3 is 9.73 Å². The van der Waals surface area contributed by atoms with Gasteiger partial charge in [0.05, 0.1) is 18.3 Å². The van der Waals surface area contributed by atoms with Crippen LogP contribution < -0.4 is 5.32 Å². The summed E-state index contributed by atoms with van der Waals surface area (Å²) in [4.78, 5) is 4.52. The number of anilines is 1. The van der Waals surface area contributed by atoms with Gasteiger partial charge in [-0.05, 0) is 31.2 Å². The van der Waals surface area contributed by atoms with Gasteiger partial charge in [-0.2, -0.15) is 0 Å². The van der Waals surface area contributed by atoms with Crippen molar-refractivity contribution >= 4 is 29.0 Å². The molecule has 2 aromatic heterocycles. The summed E-state index contributed by atoms with van der Waals surface area (Å²) in [5.74, 6) is 0.925. The Kier molecular flexibility index (Phi) is 4.07. The Balaban J connectivity index is 0.00000133. The van der Waals surface area contributed by atoms with Crippen LogP contribution in [0.1, 0.15) is 11.5 Å².